The lowest BCUT2D eigenvalue weighted by molar-refractivity contribution is -0.117. The molecule has 1 aromatic carbocycles. The van der Waals surface area contributed by atoms with Crippen molar-refractivity contribution >= 4 is 47.5 Å². The van der Waals surface area contributed by atoms with E-state index >= 15 is 0 Å². The molecule has 2 N–H and O–H groups in total. The molecule has 2 aromatic rings. The van der Waals surface area contributed by atoms with E-state index in [4.69, 9.17) is 23.2 Å². The minimum absolute atomic E-state index is 0. The predicted octanol–water partition coefficient (Wildman–Crippen LogP) is 3.75. The molecule has 2 unspecified atom stereocenters. The van der Waals surface area contributed by atoms with Crippen LogP contribution in [-0.2, 0) is 11.8 Å². The molecule has 1 saturated carbocycles. The van der Waals surface area contributed by atoms with Gasteiger partial charge in [0.05, 0.1) is 10.0 Å². The first-order valence-corrected chi connectivity index (χ1v) is 9.66. The maximum atomic E-state index is 12.6. The summed E-state index contributed by atoms with van der Waals surface area (Å²) in [5.74, 6) is 1.63. The summed E-state index contributed by atoms with van der Waals surface area (Å²) < 4.78 is 1.65. The number of nitrogens with zero attached hydrogens (tertiary/aromatic N) is 3. The fraction of sp³-hybridized carbons (Fsp3) is 0.500. The molecule has 2 aliphatic rings. The summed E-state index contributed by atoms with van der Waals surface area (Å²) in [6.07, 6.45) is 2.82. The van der Waals surface area contributed by atoms with Gasteiger partial charge in [-0.3, -0.25) is 10.1 Å². The van der Waals surface area contributed by atoms with Crippen LogP contribution in [0.2, 0.25) is 10.0 Å². The zero-order valence-electron chi connectivity index (χ0n) is 14.9. The quantitative estimate of drug-likeness (QED) is 0.775. The number of hydrogen-bond donors (Lipinski definition) is 2. The Morgan fingerprint density at radius 2 is 2.04 bits per heavy atom. The summed E-state index contributed by atoms with van der Waals surface area (Å²) in [6, 6.07) is 5.56. The molecule has 4 rings (SSSR count). The molecule has 9 heteroatoms. The van der Waals surface area contributed by atoms with Gasteiger partial charge in [-0.05, 0) is 49.9 Å². The molecule has 0 bridgehead atoms. The molecule has 1 aliphatic heterocycles. The van der Waals surface area contributed by atoms with Crippen LogP contribution in [0.3, 0.4) is 0 Å². The van der Waals surface area contributed by atoms with Crippen molar-refractivity contribution < 1.29 is 4.79 Å². The zero-order chi connectivity index (χ0) is 18.3. The first-order valence-electron chi connectivity index (χ1n) is 8.91. The number of anilines is 1. The molecule has 6 nitrogen and oxygen atoms in total. The highest BCUT2D eigenvalue weighted by molar-refractivity contribution is 6.42. The van der Waals surface area contributed by atoms with Crippen LogP contribution in [0.25, 0.3) is 0 Å². The van der Waals surface area contributed by atoms with Gasteiger partial charge in [-0.25, -0.2) is 4.68 Å². The predicted molar refractivity (Wildman–Crippen MR) is 109 cm³/mol. The number of halogens is 3. The molecule has 1 aliphatic carbocycles. The van der Waals surface area contributed by atoms with Crippen LogP contribution in [0, 0.1) is 5.92 Å². The van der Waals surface area contributed by atoms with Gasteiger partial charge in [0.25, 0.3) is 0 Å². The van der Waals surface area contributed by atoms with Gasteiger partial charge < -0.3 is 5.32 Å². The average molecular weight is 431 g/mol. The van der Waals surface area contributed by atoms with Crippen molar-refractivity contribution in [1.29, 1.82) is 0 Å². The number of carbonyl (C=O) groups excluding carboxylic acids is 1. The van der Waals surface area contributed by atoms with E-state index in [-0.39, 0.29) is 30.2 Å². The third-order valence-corrected chi connectivity index (χ3v) is 6.06. The van der Waals surface area contributed by atoms with Crippen molar-refractivity contribution in [3.05, 3.63) is 39.6 Å². The van der Waals surface area contributed by atoms with Crippen LogP contribution in [0.1, 0.15) is 42.5 Å². The molecule has 1 amide bonds. The van der Waals surface area contributed by atoms with Gasteiger partial charge in [-0.1, -0.05) is 35.3 Å². The number of carbonyl (C=O) groups is 1. The largest absolute Gasteiger partial charge is 0.317 e. The number of hydrogen-bond acceptors (Lipinski definition) is 4. The number of aryl methyl sites for hydroxylation is 1. The molecular weight excluding hydrogens is 409 g/mol. The normalized spacial score (nSPS) is 22.2. The first kappa shape index (κ1) is 20.4. The number of piperidine rings is 1. The van der Waals surface area contributed by atoms with E-state index in [0.717, 1.165) is 43.7 Å². The van der Waals surface area contributed by atoms with Gasteiger partial charge in [0.2, 0.25) is 11.9 Å². The second-order valence-electron chi connectivity index (χ2n) is 7.02. The Bertz CT molecular complexity index is 834. The van der Waals surface area contributed by atoms with Crippen molar-refractivity contribution in [2.45, 2.75) is 31.1 Å². The van der Waals surface area contributed by atoms with E-state index in [1.54, 1.807) is 10.7 Å². The number of amides is 1. The lowest BCUT2D eigenvalue weighted by atomic mass is 9.98. The number of benzene rings is 1. The maximum Gasteiger partial charge on any atom is 0.230 e. The highest BCUT2D eigenvalue weighted by atomic mass is 35.5. The smallest absolute Gasteiger partial charge is 0.230 e. The Kier molecular flexibility index (Phi) is 6.31. The summed E-state index contributed by atoms with van der Waals surface area (Å²) in [6.45, 7) is 1.96. The highest BCUT2D eigenvalue weighted by Crippen LogP contribution is 2.51. The van der Waals surface area contributed by atoms with E-state index in [1.165, 1.54) is 0 Å². The van der Waals surface area contributed by atoms with Crippen LogP contribution in [0.5, 0.6) is 0 Å². The fourth-order valence-electron chi connectivity index (χ4n) is 3.60. The molecular formula is C18H22Cl3N5O. The van der Waals surface area contributed by atoms with Crippen molar-refractivity contribution in [2.75, 3.05) is 18.4 Å². The van der Waals surface area contributed by atoms with Crippen molar-refractivity contribution in [3.8, 4) is 0 Å². The number of aromatic nitrogens is 3. The number of nitrogens with one attached hydrogen (secondary N) is 2. The Morgan fingerprint density at radius 1 is 1.30 bits per heavy atom. The second kappa shape index (κ2) is 8.35. The topological polar surface area (TPSA) is 71.8 Å². The summed E-state index contributed by atoms with van der Waals surface area (Å²) in [7, 11) is 1.81. The van der Waals surface area contributed by atoms with Gasteiger partial charge >= 0.3 is 0 Å². The van der Waals surface area contributed by atoms with Crippen LogP contribution < -0.4 is 10.6 Å². The minimum atomic E-state index is -0.106. The van der Waals surface area contributed by atoms with Crippen molar-refractivity contribution in [2.24, 2.45) is 13.0 Å². The molecule has 27 heavy (non-hydrogen) atoms. The van der Waals surface area contributed by atoms with E-state index in [1.807, 2.05) is 19.2 Å². The zero-order valence-corrected chi connectivity index (χ0v) is 17.2. The average Bonchev–Trinajstić information content (AvgIpc) is 3.36. The summed E-state index contributed by atoms with van der Waals surface area (Å²) in [5, 5.41) is 11.8. The van der Waals surface area contributed by atoms with E-state index in [9.17, 15) is 4.79 Å². The van der Waals surface area contributed by atoms with E-state index in [0.29, 0.717) is 21.9 Å². The highest BCUT2D eigenvalue weighted by Gasteiger charge is 2.45. The third kappa shape index (κ3) is 4.24. The Morgan fingerprint density at radius 3 is 2.78 bits per heavy atom. The first-order chi connectivity index (χ1) is 12.5. The Balaban J connectivity index is 0.00000210. The molecule has 2 heterocycles. The van der Waals surface area contributed by atoms with Crippen molar-refractivity contribution in [3.63, 3.8) is 0 Å². The SMILES string of the molecule is Cl.Cn1nc(C2CCNCC2)nc1NC(=O)C1CC1c1cccc(Cl)c1Cl. The van der Waals surface area contributed by atoms with Crippen LogP contribution in [0.15, 0.2) is 18.2 Å². The molecule has 2 atom stereocenters. The van der Waals surface area contributed by atoms with Gasteiger partial charge in [-0.2, -0.15) is 10.1 Å². The molecule has 0 spiro atoms. The molecule has 2 fully saturated rings. The molecule has 1 saturated heterocycles. The standard InChI is InChI=1S/C18H21Cl2N5O.ClH/c1-25-18(22-16(24-25)10-5-7-21-8-6-10)23-17(26)13-9-12(13)11-3-2-4-14(19)15(11)20;/h2-4,10,12-13,21H,5-9H2,1H3,(H,22,23,24,26);1H. The van der Waals surface area contributed by atoms with Gasteiger partial charge in [0.15, 0.2) is 5.82 Å². The summed E-state index contributed by atoms with van der Waals surface area (Å²) in [5.41, 5.74) is 0.938. The number of rotatable bonds is 4. The Labute approximate surface area is 174 Å². The van der Waals surface area contributed by atoms with Crippen LogP contribution in [0.4, 0.5) is 5.95 Å². The summed E-state index contributed by atoms with van der Waals surface area (Å²) in [4.78, 5) is 17.2. The van der Waals surface area contributed by atoms with E-state index in [2.05, 4.69) is 20.7 Å². The van der Waals surface area contributed by atoms with Gasteiger partial charge in [-0.15, -0.1) is 12.4 Å². The van der Waals surface area contributed by atoms with Gasteiger partial charge in [0, 0.05) is 18.9 Å². The lowest BCUT2D eigenvalue weighted by Crippen LogP contribution is -2.27. The molecule has 1 aromatic heterocycles. The second-order valence-corrected chi connectivity index (χ2v) is 7.81. The molecule has 0 radical (unpaired) electrons. The monoisotopic (exact) mass is 429 g/mol. The minimum Gasteiger partial charge on any atom is -0.317 e. The van der Waals surface area contributed by atoms with Crippen LogP contribution in [-0.4, -0.2) is 33.8 Å². The van der Waals surface area contributed by atoms with Crippen molar-refractivity contribution in [1.82, 2.24) is 20.1 Å². The van der Waals surface area contributed by atoms with Crippen LogP contribution >= 0.6 is 35.6 Å². The van der Waals surface area contributed by atoms with Gasteiger partial charge in [0.1, 0.15) is 0 Å². The summed E-state index contributed by atoms with van der Waals surface area (Å²) >= 11 is 12.4. The van der Waals surface area contributed by atoms with E-state index < -0.39 is 0 Å². The maximum absolute atomic E-state index is 12.6. The third-order valence-electron chi connectivity index (χ3n) is 5.23. The Hall–Kier alpha value is -1.34. The fourth-order valence-corrected chi connectivity index (χ4v) is 4.05. The molecule has 146 valence electrons. The lowest BCUT2D eigenvalue weighted by Gasteiger charge is -2.19.